The van der Waals surface area contributed by atoms with E-state index in [4.69, 9.17) is 11.6 Å². The van der Waals surface area contributed by atoms with Gasteiger partial charge in [-0.25, -0.2) is 4.98 Å². The minimum Gasteiger partial charge on any atom is -0.338 e. The highest BCUT2D eigenvalue weighted by Gasteiger charge is 2.39. The number of aromatic nitrogens is 2. The summed E-state index contributed by atoms with van der Waals surface area (Å²) in [6, 6.07) is 29.0. The molecule has 3 aromatic carbocycles. The normalized spacial score (nSPS) is 15.4. The van der Waals surface area contributed by atoms with Crippen LogP contribution >= 0.6 is 11.6 Å². The average molecular weight is 456 g/mol. The molecule has 4 nitrogen and oxygen atoms in total. The standard InChI is InChI=1S/C28H26ClN3O/c29-24-13-11-21(12-14-24)19-26-30-20-25(31-26)27(33)32-17-15-28(16-18-32,22-7-3-1-4-8-22)23-9-5-2-6-10-23/h1-14,20H,15-19H2,(H,30,31). The molecule has 0 radical (unpaired) electrons. The van der Waals surface area contributed by atoms with Gasteiger partial charge < -0.3 is 9.88 Å². The molecule has 5 rings (SSSR count). The fraction of sp³-hybridized carbons (Fsp3) is 0.214. The zero-order valence-corrected chi connectivity index (χ0v) is 19.1. The van der Waals surface area contributed by atoms with Crippen molar-refractivity contribution in [2.45, 2.75) is 24.7 Å². The molecule has 1 amide bonds. The van der Waals surface area contributed by atoms with Crippen molar-refractivity contribution in [2.75, 3.05) is 13.1 Å². The Hall–Kier alpha value is -3.37. The smallest absolute Gasteiger partial charge is 0.271 e. The van der Waals surface area contributed by atoms with Gasteiger partial charge in [-0.15, -0.1) is 0 Å². The van der Waals surface area contributed by atoms with E-state index in [1.807, 2.05) is 29.2 Å². The number of H-pyrrole nitrogens is 1. The number of hydrogen-bond donors (Lipinski definition) is 1. The number of amides is 1. The predicted octanol–water partition coefficient (Wildman–Crippen LogP) is 5.88. The first-order chi connectivity index (χ1) is 16.1. The Bertz CT molecular complexity index is 1170. The van der Waals surface area contributed by atoms with Crippen LogP contribution in [0.25, 0.3) is 0 Å². The van der Waals surface area contributed by atoms with E-state index in [1.165, 1.54) is 11.1 Å². The Morgan fingerprint density at radius 2 is 1.45 bits per heavy atom. The molecule has 33 heavy (non-hydrogen) atoms. The van der Waals surface area contributed by atoms with Crippen LogP contribution in [0.2, 0.25) is 5.02 Å². The second-order valence-electron chi connectivity index (χ2n) is 8.65. The minimum atomic E-state index is -0.0764. The highest BCUT2D eigenvalue weighted by Crippen LogP contribution is 2.41. The van der Waals surface area contributed by atoms with Crippen LogP contribution in [-0.2, 0) is 11.8 Å². The van der Waals surface area contributed by atoms with Crippen LogP contribution in [0.3, 0.4) is 0 Å². The van der Waals surface area contributed by atoms with E-state index < -0.39 is 0 Å². The number of imidazole rings is 1. The zero-order valence-electron chi connectivity index (χ0n) is 18.4. The summed E-state index contributed by atoms with van der Waals surface area (Å²) in [5, 5.41) is 0.709. The number of nitrogens with one attached hydrogen (secondary N) is 1. The summed E-state index contributed by atoms with van der Waals surface area (Å²) in [6.07, 6.45) is 4.07. The van der Waals surface area contributed by atoms with E-state index in [2.05, 4.69) is 70.6 Å². The molecule has 0 atom stereocenters. The highest BCUT2D eigenvalue weighted by molar-refractivity contribution is 6.30. The average Bonchev–Trinajstić information content (AvgIpc) is 3.34. The lowest BCUT2D eigenvalue weighted by Crippen LogP contribution is -2.45. The van der Waals surface area contributed by atoms with Crippen molar-refractivity contribution in [3.05, 3.63) is 124 Å². The van der Waals surface area contributed by atoms with Crippen LogP contribution < -0.4 is 0 Å². The van der Waals surface area contributed by atoms with Crippen LogP contribution in [-0.4, -0.2) is 33.9 Å². The van der Waals surface area contributed by atoms with Gasteiger partial charge in [0.15, 0.2) is 0 Å². The Labute approximate surface area is 199 Å². The van der Waals surface area contributed by atoms with Gasteiger partial charge >= 0.3 is 0 Å². The van der Waals surface area contributed by atoms with E-state index in [-0.39, 0.29) is 11.3 Å². The molecule has 1 fully saturated rings. The number of benzene rings is 3. The second kappa shape index (κ2) is 9.24. The van der Waals surface area contributed by atoms with Crippen molar-refractivity contribution < 1.29 is 4.79 Å². The predicted molar refractivity (Wildman–Crippen MR) is 132 cm³/mol. The van der Waals surface area contributed by atoms with Crippen molar-refractivity contribution in [2.24, 2.45) is 0 Å². The number of carbonyl (C=O) groups is 1. The van der Waals surface area contributed by atoms with E-state index in [0.717, 1.165) is 24.2 Å². The lowest BCUT2D eigenvalue weighted by Gasteiger charge is -2.42. The van der Waals surface area contributed by atoms with Crippen molar-refractivity contribution in [3.63, 3.8) is 0 Å². The molecule has 1 aromatic heterocycles. The summed E-state index contributed by atoms with van der Waals surface area (Å²) in [5.41, 5.74) is 4.20. The topological polar surface area (TPSA) is 49.0 Å². The van der Waals surface area contributed by atoms with Gasteiger partial charge in [0, 0.05) is 29.9 Å². The number of nitrogens with zero attached hydrogens (tertiary/aromatic N) is 2. The fourth-order valence-electron chi connectivity index (χ4n) is 4.88. The molecule has 1 aliphatic rings. The van der Waals surface area contributed by atoms with E-state index in [9.17, 15) is 4.79 Å². The molecule has 166 valence electrons. The third-order valence-corrected chi connectivity index (χ3v) is 6.95. The number of rotatable bonds is 5. The quantitative estimate of drug-likeness (QED) is 0.408. The summed E-state index contributed by atoms with van der Waals surface area (Å²) >= 11 is 5.97. The summed E-state index contributed by atoms with van der Waals surface area (Å²) in [7, 11) is 0. The molecule has 0 bridgehead atoms. The van der Waals surface area contributed by atoms with Gasteiger partial charge in [-0.3, -0.25) is 4.79 Å². The summed E-state index contributed by atoms with van der Waals surface area (Å²) in [4.78, 5) is 22.8. The molecule has 0 aliphatic carbocycles. The van der Waals surface area contributed by atoms with Gasteiger partial charge in [-0.1, -0.05) is 84.4 Å². The molecule has 1 N–H and O–H groups in total. The first kappa shape index (κ1) is 21.5. The number of aromatic amines is 1. The molecule has 0 unspecified atom stereocenters. The molecule has 4 aromatic rings. The SMILES string of the molecule is O=C(c1cnc(Cc2ccc(Cl)cc2)[nH]1)N1CCC(c2ccccc2)(c2ccccc2)CC1. The summed E-state index contributed by atoms with van der Waals surface area (Å²) in [5.74, 6) is 0.792. The van der Waals surface area contributed by atoms with Gasteiger partial charge in [0.25, 0.3) is 5.91 Å². The third-order valence-electron chi connectivity index (χ3n) is 6.70. The zero-order chi connectivity index (χ0) is 22.7. The van der Waals surface area contributed by atoms with E-state index >= 15 is 0 Å². The molecular weight excluding hydrogens is 430 g/mol. The van der Waals surface area contributed by atoms with E-state index in [1.54, 1.807) is 6.20 Å². The Morgan fingerprint density at radius 1 is 0.879 bits per heavy atom. The number of likely N-dealkylation sites (tertiary alicyclic amines) is 1. The van der Waals surface area contributed by atoms with Crippen molar-refractivity contribution in [1.29, 1.82) is 0 Å². The number of hydrogen-bond acceptors (Lipinski definition) is 2. The Kier molecular flexibility index (Phi) is 6.01. The molecule has 2 heterocycles. The van der Waals surface area contributed by atoms with Crippen LogP contribution in [0.1, 0.15) is 45.8 Å². The van der Waals surface area contributed by atoms with Crippen molar-refractivity contribution >= 4 is 17.5 Å². The maximum absolute atomic E-state index is 13.2. The van der Waals surface area contributed by atoms with Crippen molar-refractivity contribution in [1.82, 2.24) is 14.9 Å². The van der Waals surface area contributed by atoms with Gasteiger partial charge in [0.1, 0.15) is 11.5 Å². The number of piperidine rings is 1. The van der Waals surface area contributed by atoms with Gasteiger partial charge in [-0.05, 0) is 41.7 Å². The lowest BCUT2D eigenvalue weighted by molar-refractivity contribution is 0.0680. The first-order valence-electron chi connectivity index (χ1n) is 11.3. The molecule has 5 heteroatoms. The molecule has 1 aliphatic heterocycles. The maximum Gasteiger partial charge on any atom is 0.271 e. The van der Waals surface area contributed by atoms with Crippen LogP contribution in [0.15, 0.2) is 91.1 Å². The van der Waals surface area contributed by atoms with Crippen LogP contribution in [0, 0.1) is 0 Å². The van der Waals surface area contributed by atoms with Crippen LogP contribution in [0.4, 0.5) is 0 Å². The van der Waals surface area contributed by atoms with E-state index in [0.29, 0.717) is 30.2 Å². The molecule has 0 spiro atoms. The number of carbonyl (C=O) groups excluding carboxylic acids is 1. The fourth-order valence-corrected chi connectivity index (χ4v) is 5.00. The second-order valence-corrected chi connectivity index (χ2v) is 9.09. The summed E-state index contributed by atoms with van der Waals surface area (Å²) in [6.45, 7) is 1.41. The first-order valence-corrected chi connectivity index (χ1v) is 11.7. The van der Waals surface area contributed by atoms with Crippen LogP contribution in [0.5, 0.6) is 0 Å². The third kappa shape index (κ3) is 4.44. The summed E-state index contributed by atoms with van der Waals surface area (Å²) < 4.78 is 0. The molecule has 1 saturated heterocycles. The largest absolute Gasteiger partial charge is 0.338 e. The Balaban J connectivity index is 1.31. The lowest BCUT2D eigenvalue weighted by atomic mass is 9.68. The molecule has 0 saturated carbocycles. The van der Waals surface area contributed by atoms with Crippen molar-refractivity contribution in [3.8, 4) is 0 Å². The molecular formula is C28H26ClN3O. The Morgan fingerprint density at radius 3 is 2.03 bits per heavy atom. The monoisotopic (exact) mass is 455 g/mol. The van der Waals surface area contributed by atoms with Gasteiger partial charge in [0.05, 0.1) is 6.20 Å². The minimum absolute atomic E-state index is 0.0135. The highest BCUT2D eigenvalue weighted by atomic mass is 35.5. The number of halogens is 1. The van der Waals surface area contributed by atoms with Gasteiger partial charge in [-0.2, -0.15) is 0 Å². The maximum atomic E-state index is 13.2. The van der Waals surface area contributed by atoms with Gasteiger partial charge in [0.2, 0.25) is 0 Å².